The van der Waals surface area contributed by atoms with E-state index in [9.17, 15) is 9.59 Å². The largest absolute Gasteiger partial charge is 0.457 e. The van der Waals surface area contributed by atoms with Crippen LogP contribution in [0.15, 0.2) is 134 Å². The first-order chi connectivity index (χ1) is 23.4. The van der Waals surface area contributed by atoms with Crippen LogP contribution in [0.1, 0.15) is 36.1 Å². The minimum absolute atomic E-state index is 0.00312. The first-order valence-corrected chi connectivity index (χ1v) is 16.0. The molecule has 0 saturated carbocycles. The predicted molar refractivity (Wildman–Crippen MR) is 182 cm³/mol. The number of ether oxygens (including phenoxy) is 6. The fraction of sp³-hybridized carbons (Fsp3) is 0.300. The van der Waals surface area contributed by atoms with Crippen molar-refractivity contribution in [3.05, 3.63) is 156 Å². The number of esters is 2. The molecule has 0 aliphatic carbocycles. The van der Waals surface area contributed by atoms with Crippen molar-refractivity contribution < 1.29 is 38.0 Å². The third-order valence-electron chi connectivity index (χ3n) is 7.44. The van der Waals surface area contributed by atoms with Crippen molar-refractivity contribution in [1.82, 2.24) is 0 Å². The lowest BCUT2D eigenvalue weighted by Crippen LogP contribution is -2.55. The molecular formula is C40H44O8. The highest BCUT2D eigenvalue weighted by molar-refractivity contribution is 5.66. The van der Waals surface area contributed by atoms with Crippen LogP contribution in [0.25, 0.3) is 0 Å². The lowest BCUT2D eigenvalue weighted by atomic mass is 9.97. The normalized spacial score (nSPS) is 14.2. The van der Waals surface area contributed by atoms with Crippen molar-refractivity contribution in [3.63, 3.8) is 0 Å². The summed E-state index contributed by atoms with van der Waals surface area (Å²) in [5.74, 6) is -1.03. The van der Waals surface area contributed by atoms with Crippen LogP contribution in [0.3, 0.4) is 0 Å². The number of rotatable bonds is 20. The summed E-state index contributed by atoms with van der Waals surface area (Å²) in [5.41, 5.74) is 3.67. The van der Waals surface area contributed by atoms with Crippen molar-refractivity contribution in [1.29, 1.82) is 0 Å². The maximum Gasteiger partial charge on any atom is 0.303 e. The van der Waals surface area contributed by atoms with Gasteiger partial charge in [-0.05, 0) is 28.3 Å². The Bertz CT molecular complexity index is 1500. The van der Waals surface area contributed by atoms with Crippen LogP contribution in [0.4, 0.5) is 0 Å². The zero-order chi connectivity index (χ0) is 34.0. The zero-order valence-electron chi connectivity index (χ0n) is 27.5. The van der Waals surface area contributed by atoms with E-state index in [1.165, 1.54) is 19.9 Å². The van der Waals surface area contributed by atoms with Gasteiger partial charge in [-0.15, -0.1) is 0 Å². The van der Waals surface area contributed by atoms with E-state index in [2.05, 4.69) is 6.58 Å². The molecule has 0 N–H and O–H groups in total. The maximum absolute atomic E-state index is 12.6. The van der Waals surface area contributed by atoms with E-state index in [-0.39, 0.29) is 33.0 Å². The quantitative estimate of drug-likeness (QED) is 0.0745. The second-order valence-electron chi connectivity index (χ2n) is 11.2. The summed E-state index contributed by atoms with van der Waals surface area (Å²) in [6.07, 6.45) is -3.16. The molecule has 0 aromatic heterocycles. The molecular weight excluding hydrogens is 608 g/mol. The third-order valence-corrected chi connectivity index (χ3v) is 7.44. The molecule has 0 bridgehead atoms. The van der Waals surface area contributed by atoms with Gasteiger partial charge >= 0.3 is 11.9 Å². The molecule has 0 unspecified atom stereocenters. The Labute approximate surface area is 283 Å². The van der Waals surface area contributed by atoms with Crippen LogP contribution < -0.4 is 0 Å². The van der Waals surface area contributed by atoms with E-state index in [1.54, 1.807) is 0 Å². The molecule has 0 fully saturated rings. The van der Waals surface area contributed by atoms with Gasteiger partial charge in [-0.2, -0.15) is 0 Å². The average molecular weight is 653 g/mol. The maximum atomic E-state index is 12.6. The highest BCUT2D eigenvalue weighted by atomic mass is 16.6. The van der Waals surface area contributed by atoms with E-state index in [4.69, 9.17) is 28.4 Å². The van der Waals surface area contributed by atoms with E-state index in [1.807, 2.05) is 121 Å². The van der Waals surface area contributed by atoms with Gasteiger partial charge in [-0.25, -0.2) is 0 Å². The second-order valence-corrected chi connectivity index (χ2v) is 11.2. The molecule has 8 nitrogen and oxygen atoms in total. The molecule has 4 aromatic carbocycles. The zero-order valence-corrected chi connectivity index (χ0v) is 27.5. The van der Waals surface area contributed by atoms with Crippen LogP contribution in [0.2, 0.25) is 0 Å². The Morgan fingerprint density at radius 3 is 1.31 bits per heavy atom. The average Bonchev–Trinajstić information content (AvgIpc) is 3.11. The summed E-state index contributed by atoms with van der Waals surface area (Å²) in [6, 6.07) is 38.6. The van der Waals surface area contributed by atoms with E-state index in [0.29, 0.717) is 0 Å². The van der Waals surface area contributed by atoms with Gasteiger partial charge in [-0.1, -0.05) is 128 Å². The number of benzene rings is 4. The molecule has 252 valence electrons. The molecule has 0 aliphatic rings. The SMILES string of the molecule is C=C[C@@H](OC(C)=O)[C@H](OCc1ccccc1)[C@@H](OCc1ccccc1)[C@@H](OCc1ccccc1)[C@@H](COCc1ccccc1)OC(C)=O. The van der Waals surface area contributed by atoms with Crippen molar-refractivity contribution in [2.75, 3.05) is 6.61 Å². The fourth-order valence-corrected chi connectivity index (χ4v) is 5.18. The van der Waals surface area contributed by atoms with Crippen molar-refractivity contribution in [2.45, 2.75) is 70.8 Å². The second kappa shape index (κ2) is 19.9. The Balaban J connectivity index is 1.75. The number of hydrogen-bond acceptors (Lipinski definition) is 8. The molecule has 4 aromatic rings. The molecule has 4 rings (SSSR count). The highest BCUT2D eigenvalue weighted by Gasteiger charge is 2.43. The Hall–Kier alpha value is -4.60. The number of carbonyl (C=O) groups is 2. The number of carbonyl (C=O) groups excluding carboxylic acids is 2. The fourth-order valence-electron chi connectivity index (χ4n) is 5.18. The van der Waals surface area contributed by atoms with Crippen LogP contribution >= 0.6 is 0 Å². The summed E-state index contributed by atoms with van der Waals surface area (Å²) in [5, 5.41) is 0. The van der Waals surface area contributed by atoms with E-state index >= 15 is 0 Å². The monoisotopic (exact) mass is 652 g/mol. The van der Waals surface area contributed by atoms with Gasteiger partial charge in [0.1, 0.15) is 24.4 Å². The van der Waals surface area contributed by atoms with Crippen LogP contribution in [-0.4, -0.2) is 49.1 Å². The number of hydrogen-bond donors (Lipinski definition) is 0. The van der Waals surface area contributed by atoms with Gasteiger partial charge in [0, 0.05) is 13.8 Å². The smallest absolute Gasteiger partial charge is 0.303 e. The molecule has 8 heteroatoms. The Morgan fingerprint density at radius 1 is 0.542 bits per heavy atom. The summed E-state index contributed by atoms with van der Waals surface area (Å²) < 4.78 is 37.7. The lowest BCUT2D eigenvalue weighted by molar-refractivity contribution is -0.213. The van der Waals surface area contributed by atoms with Crippen molar-refractivity contribution in [2.24, 2.45) is 0 Å². The third kappa shape index (κ3) is 12.2. The predicted octanol–water partition coefficient (Wildman–Crippen LogP) is 7.01. The Kier molecular flexibility index (Phi) is 15.0. The molecule has 0 radical (unpaired) electrons. The topological polar surface area (TPSA) is 89.5 Å². The van der Waals surface area contributed by atoms with Gasteiger partial charge in [-0.3, -0.25) is 9.59 Å². The molecule has 0 heterocycles. The summed E-state index contributed by atoms with van der Waals surface area (Å²) >= 11 is 0. The van der Waals surface area contributed by atoms with E-state index in [0.717, 1.165) is 22.3 Å². The minimum Gasteiger partial charge on any atom is -0.457 e. The molecule has 0 saturated heterocycles. The molecule has 0 amide bonds. The molecule has 48 heavy (non-hydrogen) atoms. The standard InChI is InChI=1S/C40H44O8/c1-4-36(47-30(2)41)38(44-26-33-19-11-6-12-20-33)40(46-28-35-23-15-8-16-24-35)39(45-27-34-21-13-7-14-22-34)37(48-31(3)42)29-43-25-32-17-9-5-10-18-32/h4-24,36-40H,1,25-29H2,2-3H3/t36-,37-,38+,39+,40-/m1/s1. The summed E-state index contributed by atoms with van der Waals surface area (Å²) in [6.45, 7) is 7.43. The van der Waals surface area contributed by atoms with Crippen molar-refractivity contribution in [3.8, 4) is 0 Å². The molecule has 0 spiro atoms. The lowest BCUT2D eigenvalue weighted by Gasteiger charge is -2.39. The van der Waals surface area contributed by atoms with Crippen molar-refractivity contribution >= 4 is 11.9 Å². The Morgan fingerprint density at radius 2 is 0.917 bits per heavy atom. The summed E-state index contributed by atoms with van der Waals surface area (Å²) in [7, 11) is 0. The van der Waals surface area contributed by atoms with Crippen LogP contribution in [0, 0.1) is 0 Å². The van der Waals surface area contributed by atoms with Crippen LogP contribution in [-0.2, 0) is 64.4 Å². The summed E-state index contributed by atoms with van der Waals surface area (Å²) in [4.78, 5) is 24.9. The van der Waals surface area contributed by atoms with Gasteiger partial charge in [0.25, 0.3) is 0 Å². The first-order valence-electron chi connectivity index (χ1n) is 16.0. The van der Waals surface area contributed by atoms with Gasteiger partial charge < -0.3 is 28.4 Å². The van der Waals surface area contributed by atoms with Gasteiger partial charge in [0.15, 0.2) is 6.10 Å². The highest BCUT2D eigenvalue weighted by Crippen LogP contribution is 2.26. The first kappa shape index (κ1) is 36.2. The van der Waals surface area contributed by atoms with Crippen LogP contribution in [0.5, 0.6) is 0 Å². The molecule has 0 aliphatic heterocycles. The molecule has 5 atom stereocenters. The van der Waals surface area contributed by atoms with Gasteiger partial charge in [0.05, 0.1) is 33.0 Å². The van der Waals surface area contributed by atoms with E-state index < -0.39 is 42.5 Å². The minimum atomic E-state index is -0.940. The van der Waals surface area contributed by atoms with Gasteiger partial charge in [0.2, 0.25) is 0 Å².